The predicted octanol–water partition coefficient (Wildman–Crippen LogP) is 1.82. The molecule has 0 unspecified atom stereocenters. The molecule has 0 saturated carbocycles. The highest BCUT2D eigenvalue weighted by Gasteiger charge is 2.20. The topological polar surface area (TPSA) is 87.1 Å². The number of aliphatic hydroxyl groups is 1. The van der Waals surface area contributed by atoms with E-state index in [9.17, 15) is 13.5 Å². The van der Waals surface area contributed by atoms with Crippen LogP contribution in [-0.4, -0.2) is 48.2 Å². The molecular formula is C13H20ClNO5S. The Hall–Kier alpha value is -0.860. The zero-order chi connectivity index (χ0) is 16.2. The van der Waals surface area contributed by atoms with Crippen LogP contribution in [0.2, 0.25) is 5.02 Å². The van der Waals surface area contributed by atoms with Gasteiger partial charge in [-0.25, -0.2) is 0 Å². The number of hydrogen-bond acceptors (Lipinski definition) is 4. The van der Waals surface area contributed by atoms with Gasteiger partial charge in [-0.05, 0) is 37.1 Å². The minimum absolute atomic E-state index is 0.0645. The van der Waals surface area contributed by atoms with Crippen LogP contribution in [-0.2, 0) is 10.3 Å². The summed E-state index contributed by atoms with van der Waals surface area (Å²) in [5.41, 5.74) is 1.71. The van der Waals surface area contributed by atoms with Crippen LogP contribution in [0.5, 0.6) is 5.75 Å². The van der Waals surface area contributed by atoms with E-state index in [-0.39, 0.29) is 19.7 Å². The predicted molar refractivity (Wildman–Crippen MR) is 81.2 cm³/mol. The molecule has 0 radical (unpaired) electrons. The van der Waals surface area contributed by atoms with Crippen molar-refractivity contribution in [3.8, 4) is 5.75 Å². The quantitative estimate of drug-likeness (QED) is 0.741. The highest BCUT2D eigenvalue weighted by molar-refractivity contribution is 7.83. The van der Waals surface area contributed by atoms with Gasteiger partial charge in [-0.3, -0.25) is 4.55 Å². The SMILES string of the molecule is CCN(C[C@@H](O)COc1cc(C)c(Cl)c(C)c1)S(=O)(=O)O. The molecule has 0 spiro atoms. The van der Waals surface area contributed by atoms with Gasteiger partial charge in [-0.2, -0.15) is 12.7 Å². The van der Waals surface area contributed by atoms with E-state index in [1.54, 1.807) is 19.1 Å². The molecule has 1 aromatic rings. The van der Waals surface area contributed by atoms with Crippen LogP contribution in [0.3, 0.4) is 0 Å². The Morgan fingerprint density at radius 3 is 2.29 bits per heavy atom. The van der Waals surface area contributed by atoms with E-state index < -0.39 is 16.4 Å². The van der Waals surface area contributed by atoms with Gasteiger partial charge in [-0.15, -0.1) is 0 Å². The zero-order valence-corrected chi connectivity index (χ0v) is 13.8. The first kappa shape index (κ1) is 18.2. The Balaban J connectivity index is 2.63. The molecule has 2 N–H and O–H groups in total. The molecule has 21 heavy (non-hydrogen) atoms. The minimum Gasteiger partial charge on any atom is -0.491 e. The molecule has 0 saturated heterocycles. The van der Waals surface area contributed by atoms with Crippen molar-refractivity contribution in [1.82, 2.24) is 4.31 Å². The number of ether oxygens (including phenoxy) is 1. The molecule has 1 aromatic carbocycles. The lowest BCUT2D eigenvalue weighted by atomic mass is 10.1. The molecule has 0 heterocycles. The van der Waals surface area contributed by atoms with E-state index in [2.05, 4.69) is 0 Å². The molecule has 0 aromatic heterocycles. The van der Waals surface area contributed by atoms with Crippen LogP contribution in [0.15, 0.2) is 12.1 Å². The van der Waals surface area contributed by atoms with Crippen LogP contribution in [0, 0.1) is 13.8 Å². The van der Waals surface area contributed by atoms with Crippen LogP contribution in [0.4, 0.5) is 0 Å². The van der Waals surface area contributed by atoms with Gasteiger partial charge in [0.1, 0.15) is 18.5 Å². The normalized spacial score (nSPS) is 13.5. The van der Waals surface area contributed by atoms with Gasteiger partial charge in [0.25, 0.3) is 0 Å². The fourth-order valence-electron chi connectivity index (χ4n) is 1.86. The standard InChI is InChI=1S/C13H20ClNO5S/c1-4-15(21(17,18)19)7-11(16)8-20-12-5-9(2)13(14)10(3)6-12/h5-6,11,16H,4,7-8H2,1-3H3,(H,17,18,19)/t11-/m1/s1. The maximum Gasteiger partial charge on any atom is 0.335 e. The van der Waals surface area contributed by atoms with Gasteiger partial charge in [0, 0.05) is 18.1 Å². The first-order valence-electron chi connectivity index (χ1n) is 6.45. The number of nitrogens with zero attached hydrogens (tertiary/aromatic N) is 1. The summed E-state index contributed by atoms with van der Waals surface area (Å²) in [5, 5.41) is 10.5. The van der Waals surface area contributed by atoms with Crippen LogP contribution in [0.1, 0.15) is 18.1 Å². The van der Waals surface area contributed by atoms with Gasteiger partial charge in [0.15, 0.2) is 0 Å². The maximum atomic E-state index is 11.0. The molecular weight excluding hydrogens is 318 g/mol. The zero-order valence-electron chi connectivity index (χ0n) is 12.2. The summed E-state index contributed by atoms with van der Waals surface area (Å²) in [6.07, 6.45) is -1.05. The van der Waals surface area contributed by atoms with Crippen LogP contribution < -0.4 is 4.74 Å². The molecule has 6 nitrogen and oxygen atoms in total. The second-order valence-corrected chi connectivity index (χ2v) is 6.55. The number of rotatable bonds is 7. The highest BCUT2D eigenvalue weighted by atomic mass is 35.5. The molecule has 1 rings (SSSR count). The van der Waals surface area contributed by atoms with Crippen molar-refractivity contribution in [3.63, 3.8) is 0 Å². The Morgan fingerprint density at radius 1 is 1.33 bits per heavy atom. The number of aryl methyl sites for hydroxylation is 2. The molecule has 0 amide bonds. The van der Waals surface area contributed by atoms with E-state index >= 15 is 0 Å². The summed E-state index contributed by atoms with van der Waals surface area (Å²) >= 11 is 6.04. The van der Waals surface area contributed by atoms with Crippen molar-refractivity contribution in [2.24, 2.45) is 0 Å². The Bertz CT molecular complexity index is 567. The average molecular weight is 338 g/mol. The van der Waals surface area contributed by atoms with Crippen molar-refractivity contribution in [3.05, 3.63) is 28.3 Å². The molecule has 0 aliphatic heterocycles. The summed E-state index contributed by atoms with van der Waals surface area (Å²) in [4.78, 5) is 0. The first-order valence-corrected chi connectivity index (χ1v) is 8.22. The van der Waals surface area contributed by atoms with E-state index in [1.807, 2.05) is 13.8 Å². The molecule has 0 bridgehead atoms. The first-order chi connectivity index (χ1) is 9.65. The third-order valence-electron chi connectivity index (χ3n) is 2.95. The van der Waals surface area contributed by atoms with Gasteiger partial charge in [-0.1, -0.05) is 18.5 Å². The van der Waals surface area contributed by atoms with E-state index in [0.29, 0.717) is 10.8 Å². The summed E-state index contributed by atoms with van der Waals surface area (Å²) in [6, 6.07) is 3.48. The summed E-state index contributed by atoms with van der Waals surface area (Å²) in [6.45, 7) is 4.99. The second kappa shape index (κ2) is 7.42. The highest BCUT2D eigenvalue weighted by Crippen LogP contribution is 2.25. The lowest BCUT2D eigenvalue weighted by Gasteiger charge is -2.20. The second-order valence-electron chi connectivity index (χ2n) is 4.76. The lowest BCUT2D eigenvalue weighted by molar-refractivity contribution is 0.0881. The lowest BCUT2D eigenvalue weighted by Crippen LogP contribution is -2.39. The number of likely N-dealkylation sites (N-methyl/N-ethyl adjacent to an activating group) is 1. The number of benzene rings is 1. The fraction of sp³-hybridized carbons (Fsp3) is 0.538. The summed E-state index contributed by atoms with van der Waals surface area (Å²) in [5.74, 6) is 0.545. The monoisotopic (exact) mass is 337 g/mol. The third kappa shape index (κ3) is 5.44. The van der Waals surface area contributed by atoms with E-state index in [4.69, 9.17) is 20.9 Å². The van der Waals surface area contributed by atoms with E-state index in [0.717, 1.165) is 15.4 Å². The van der Waals surface area contributed by atoms with Crippen molar-refractivity contribution in [2.75, 3.05) is 19.7 Å². The van der Waals surface area contributed by atoms with Gasteiger partial charge < -0.3 is 9.84 Å². The summed E-state index contributed by atoms with van der Waals surface area (Å²) < 4.78 is 37.2. The molecule has 1 atom stereocenters. The van der Waals surface area contributed by atoms with Gasteiger partial charge in [0.05, 0.1) is 0 Å². The number of halogens is 1. The molecule has 120 valence electrons. The molecule has 0 aliphatic carbocycles. The van der Waals surface area contributed by atoms with Gasteiger partial charge in [0.2, 0.25) is 0 Å². The minimum atomic E-state index is -4.31. The van der Waals surface area contributed by atoms with Crippen LogP contribution in [0.25, 0.3) is 0 Å². The van der Waals surface area contributed by atoms with Crippen molar-refractivity contribution >= 4 is 21.9 Å². The Labute approximate surface area is 130 Å². The Morgan fingerprint density at radius 2 is 1.86 bits per heavy atom. The van der Waals surface area contributed by atoms with Crippen molar-refractivity contribution in [2.45, 2.75) is 26.9 Å². The van der Waals surface area contributed by atoms with Gasteiger partial charge >= 0.3 is 10.3 Å². The maximum absolute atomic E-state index is 11.0. The Kier molecular flexibility index (Phi) is 6.42. The fourth-order valence-corrected chi connectivity index (χ4v) is 2.65. The van der Waals surface area contributed by atoms with Crippen molar-refractivity contribution < 1.29 is 22.8 Å². The smallest absolute Gasteiger partial charge is 0.335 e. The number of hydrogen-bond donors (Lipinski definition) is 2. The third-order valence-corrected chi connectivity index (χ3v) is 4.60. The molecule has 8 heteroatoms. The number of aliphatic hydroxyl groups excluding tert-OH is 1. The van der Waals surface area contributed by atoms with Crippen LogP contribution >= 0.6 is 11.6 Å². The largest absolute Gasteiger partial charge is 0.491 e. The summed E-state index contributed by atoms with van der Waals surface area (Å²) in [7, 11) is -4.31. The molecule has 0 fully saturated rings. The molecule has 0 aliphatic rings. The van der Waals surface area contributed by atoms with Crippen molar-refractivity contribution in [1.29, 1.82) is 0 Å². The van der Waals surface area contributed by atoms with E-state index in [1.165, 1.54) is 0 Å². The average Bonchev–Trinajstić information content (AvgIpc) is 2.38.